The Kier molecular flexibility index (Phi) is 15.1. The molecule has 0 saturated carbocycles. The molecule has 9 aromatic carbocycles. The van der Waals surface area contributed by atoms with E-state index in [9.17, 15) is 0 Å². The van der Waals surface area contributed by atoms with E-state index in [4.69, 9.17) is 8.62 Å². The summed E-state index contributed by atoms with van der Waals surface area (Å²) in [5.41, 5.74) is 10.2. The van der Waals surface area contributed by atoms with Crippen LogP contribution in [-0.2, 0) is 68.6 Å². The minimum absolute atomic E-state index is 0.115. The first kappa shape index (κ1) is 48.0. The molecule has 0 unspecified atom stereocenters. The van der Waals surface area contributed by atoms with E-state index < -0.39 is 21.3 Å². The molecule has 0 spiro atoms. The molecule has 0 N–H and O–H groups in total. The Morgan fingerprint density at radius 3 is 0.536 bits per heavy atom. The van der Waals surface area contributed by atoms with Gasteiger partial charge in [-0.15, -0.1) is 0 Å². The Bertz CT molecular complexity index is 2460. The van der Waals surface area contributed by atoms with Crippen LogP contribution >= 0.6 is 21.3 Å². The summed E-state index contributed by atoms with van der Waals surface area (Å²) in [6.07, 6.45) is 4.88. The van der Waals surface area contributed by atoms with E-state index in [0.29, 0.717) is 49.3 Å². The van der Waals surface area contributed by atoms with Gasteiger partial charge >= 0.3 is 413 Å². The fraction of sp³-hybridized carbons (Fsp3) is 0.143. The van der Waals surface area contributed by atoms with Crippen molar-refractivity contribution in [3.8, 4) is 0 Å². The fourth-order valence-electron chi connectivity index (χ4n) is 10.8. The van der Waals surface area contributed by atoms with Crippen LogP contribution in [0, 0.1) is 0 Å². The molecule has 69 heavy (non-hydrogen) atoms. The molecule has 0 saturated heterocycles. The molecule has 6 heteroatoms. The molecule has 0 aliphatic heterocycles. The van der Waals surface area contributed by atoms with Crippen LogP contribution in [0.1, 0.15) is 50.1 Å². The number of benzene rings is 9. The van der Waals surface area contributed by atoms with Crippen molar-refractivity contribution in [2.24, 2.45) is 0 Å². The molecule has 9 aromatic rings. The van der Waals surface area contributed by atoms with E-state index in [2.05, 4.69) is 255 Å². The minimum atomic E-state index is -4.29. The van der Waals surface area contributed by atoms with E-state index >= 15 is 4.57 Å². The molecule has 348 valence electrons. The molecule has 0 radical (unpaired) electrons. The predicted molar refractivity (Wildman–Crippen MR) is 295 cm³/mol. The first-order valence-electron chi connectivity index (χ1n) is 24.1. The molecular formula is C63H63O3P3. The van der Waals surface area contributed by atoms with E-state index in [0.717, 1.165) is 50.1 Å². The molecule has 0 bridgehead atoms. The van der Waals surface area contributed by atoms with Gasteiger partial charge in [-0.25, -0.2) is 0 Å². The van der Waals surface area contributed by atoms with Crippen LogP contribution in [0.25, 0.3) is 0 Å². The average Bonchev–Trinajstić information content (AvgIpc) is 3.36. The second-order valence-electron chi connectivity index (χ2n) is 19.3. The van der Waals surface area contributed by atoms with E-state index in [1.54, 1.807) is 0 Å². The Hall–Kier alpha value is -6.01. The zero-order chi connectivity index (χ0) is 47.2. The summed E-state index contributed by atoms with van der Waals surface area (Å²) >= 11 is 0. The van der Waals surface area contributed by atoms with Gasteiger partial charge in [-0.2, -0.15) is 0 Å². The standard InChI is InChI=1S/C63H63O3P3/c64-67(46-55-28-10-1-11-29-55,65-68(47-56-30-12-2-13-31-56,48-57-32-14-3-15-33-57,49-58-34-16-4-17-35-58)50-59-36-18-5-19-37-59)66-69(51-60-38-20-6-21-39-60,52-61-40-22-7-23-41-61,53-62-42-24-8-25-43-62)54-63-44-26-9-27-45-63/h1-45H,46-54H2. The summed E-state index contributed by atoms with van der Waals surface area (Å²) in [5, 5.41) is 0. The van der Waals surface area contributed by atoms with E-state index in [-0.39, 0.29) is 6.16 Å². The number of hydrogen-bond donors (Lipinski definition) is 0. The van der Waals surface area contributed by atoms with Crippen LogP contribution in [0.4, 0.5) is 0 Å². The number of hydrogen-bond acceptors (Lipinski definition) is 3. The van der Waals surface area contributed by atoms with Crippen LogP contribution in [-0.4, -0.2) is 0 Å². The first-order chi connectivity index (χ1) is 33.7. The summed E-state index contributed by atoms with van der Waals surface area (Å²) in [7, 11) is -4.29. The van der Waals surface area contributed by atoms with Crippen LogP contribution < -0.4 is 0 Å². The van der Waals surface area contributed by atoms with Gasteiger partial charge in [0.25, 0.3) is 0 Å². The van der Waals surface area contributed by atoms with Crippen LogP contribution in [0.5, 0.6) is 0 Å². The molecule has 9 rings (SSSR count). The third kappa shape index (κ3) is 12.6. The summed E-state index contributed by atoms with van der Waals surface area (Å²) in [4.78, 5) is 0. The summed E-state index contributed by atoms with van der Waals surface area (Å²) in [6.45, 7) is -8.03. The van der Waals surface area contributed by atoms with Crippen molar-refractivity contribution in [2.75, 3.05) is 0 Å². The van der Waals surface area contributed by atoms with Gasteiger partial charge in [0.2, 0.25) is 0 Å². The fourth-order valence-corrected chi connectivity index (χ4v) is 30.2. The topological polar surface area (TPSA) is 35.5 Å². The third-order valence-corrected chi connectivity index (χ3v) is 29.1. The molecular weight excluding hydrogens is 898 g/mol. The number of rotatable bonds is 22. The normalized spacial score (nSPS) is 13.8. The molecule has 0 atom stereocenters. The van der Waals surface area contributed by atoms with Gasteiger partial charge in [0.1, 0.15) is 0 Å². The zero-order valence-electron chi connectivity index (χ0n) is 39.4. The molecule has 0 amide bonds. The van der Waals surface area contributed by atoms with Gasteiger partial charge < -0.3 is 0 Å². The van der Waals surface area contributed by atoms with E-state index in [1.165, 1.54) is 0 Å². The molecule has 0 aliphatic carbocycles. The van der Waals surface area contributed by atoms with Gasteiger partial charge in [0.05, 0.1) is 0 Å². The van der Waals surface area contributed by atoms with Gasteiger partial charge in [0.15, 0.2) is 0 Å². The quantitative estimate of drug-likeness (QED) is 0.0635. The molecule has 0 heterocycles. The summed E-state index contributed by atoms with van der Waals surface area (Å²) in [5.74, 6) is 0. The maximum atomic E-state index is 18.2. The van der Waals surface area contributed by atoms with Crippen molar-refractivity contribution >= 4 is 21.3 Å². The SMILES string of the molecule is O=P(Cc1ccccc1)(OP(Cc1ccccc1)(Cc1ccccc1)(Cc1ccccc1)Cc1ccccc1)OP(Cc1ccccc1)(Cc1ccccc1)(Cc1ccccc1)Cc1ccccc1. The summed E-state index contributed by atoms with van der Waals surface area (Å²) < 4.78 is 35.3. The van der Waals surface area contributed by atoms with Gasteiger partial charge in [-0.1, -0.05) is 0 Å². The molecule has 0 fully saturated rings. The van der Waals surface area contributed by atoms with Crippen molar-refractivity contribution in [3.63, 3.8) is 0 Å². The van der Waals surface area contributed by atoms with Gasteiger partial charge in [0, 0.05) is 0 Å². The monoisotopic (exact) mass is 960 g/mol. The van der Waals surface area contributed by atoms with Crippen LogP contribution in [0.15, 0.2) is 273 Å². The van der Waals surface area contributed by atoms with Crippen LogP contribution in [0.3, 0.4) is 0 Å². The zero-order valence-corrected chi connectivity index (χ0v) is 42.1. The van der Waals surface area contributed by atoms with Crippen molar-refractivity contribution < 1.29 is 13.2 Å². The Morgan fingerprint density at radius 2 is 0.377 bits per heavy atom. The average molecular weight is 961 g/mol. The van der Waals surface area contributed by atoms with Crippen molar-refractivity contribution in [1.29, 1.82) is 0 Å². The van der Waals surface area contributed by atoms with Gasteiger partial charge in [-0.3, -0.25) is 0 Å². The molecule has 0 aliphatic rings. The second-order valence-corrected chi connectivity index (χ2v) is 32.1. The molecule has 0 aromatic heterocycles. The third-order valence-electron chi connectivity index (χ3n) is 13.3. The van der Waals surface area contributed by atoms with Crippen molar-refractivity contribution in [2.45, 2.75) is 55.5 Å². The Balaban J connectivity index is 1.38. The Labute approximate surface area is 410 Å². The second kappa shape index (κ2) is 21.7. The van der Waals surface area contributed by atoms with Crippen molar-refractivity contribution in [1.82, 2.24) is 0 Å². The van der Waals surface area contributed by atoms with E-state index in [1.807, 2.05) is 18.2 Å². The van der Waals surface area contributed by atoms with Crippen LogP contribution in [0.2, 0.25) is 0 Å². The maximum absolute atomic E-state index is 18.2. The first-order valence-corrected chi connectivity index (χ1v) is 31.7. The molecule has 3 nitrogen and oxygen atoms in total. The predicted octanol–water partition coefficient (Wildman–Crippen LogP) is 18.0. The van der Waals surface area contributed by atoms with Crippen molar-refractivity contribution in [3.05, 3.63) is 323 Å². The van der Waals surface area contributed by atoms with Gasteiger partial charge in [-0.05, 0) is 0 Å². The Morgan fingerprint density at radius 1 is 0.232 bits per heavy atom. The summed E-state index contributed by atoms with van der Waals surface area (Å²) in [6, 6.07) is 96.6.